The summed E-state index contributed by atoms with van der Waals surface area (Å²) in [4.78, 5) is 37.6. The molecule has 0 saturated carbocycles. The molecule has 11 heteroatoms. The Morgan fingerprint density at radius 2 is 1.73 bits per heavy atom. The molecule has 1 atom stereocenters. The number of hydrogen-bond donors (Lipinski definition) is 5. The molecule has 0 aliphatic rings. The zero-order valence-corrected chi connectivity index (χ0v) is 21.3. The number of rotatable bonds is 11. The Kier molecular flexibility index (Phi) is 10.2. The van der Waals surface area contributed by atoms with Crippen LogP contribution in [-0.2, 0) is 22.3 Å². The van der Waals surface area contributed by atoms with Crippen LogP contribution in [0.5, 0.6) is 0 Å². The van der Waals surface area contributed by atoms with Crippen molar-refractivity contribution in [1.29, 1.82) is 0 Å². The summed E-state index contributed by atoms with van der Waals surface area (Å²) < 4.78 is 38.7. The van der Waals surface area contributed by atoms with Gasteiger partial charge in [0.05, 0.1) is 24.3 Å². The third kappa shape index (κ3) is 9.51. The smallest absolute Gasteiger partial charge is 0.394 e. The Bertz CT molecular complexity index is 1120. The number of nitrogens with one attached hydrogen (secondary N) is 4. The Morgan fingerprint density at radius 3 is 2.35 bits per heavy atom. The van der Waals surface area contributed by atoms with Crippen molar-refractivity contribution in [3.8, 4) is 0 Å². The van der Waals surface area contributed by atoms with Crippen LogP contribution in [0, 0.1) is 13.8 Å². The molecule has 0 aromatic heterocycles. The van der Waals surface area contributed by atoms with Crippen LogP contribution in [0.25, 0.3) is 0 Å². The van der Waals surface area contributed by atoms with Crippen LogP contribution in [0.2, 0.25) is 0 Å². The van der Waals surface area contributed by atoms with Crippen LogP contribution in [0.1, 0.15) is 46.5 Å². The number of carbonyl (C=O) groups excluding carboxylic acids is 3. The van der Waals surface area contributed by atoms with Crippen LogP contribution in [0.15, 0.2) is 42.5 Å². The molecule has 0 heterocycles. The van der Waals surface area contributed by atoms with Gasteiger partial charge in [0.15, 0.2) is 0 Å². The molecule has 0 radical (unpaired) electrons. The van der Waals surface area contributed by atoms with E-state index in [1.807, 2.05) is 32.0 Å². The lowest BCUT2D eigenvalue weighted by atomic mass is 10.1. The quantitative estimate of drug-likeness (QED) is 0.310. The fraction of sp³-hybridized carbons (Fsp3) is 0.423. The van der Waals surface area contributed by atoms with Gasteiger partial charge in [0.1, 0.15) is 6.04 Å². The zero-order valence-electron chi connectivity index (χ0n) is 21.3. The van der Waals surface area contributed by atoms with Gasteiger partial charge in [-0.2, -0.15) is 13.2 Å². The highest BCUT2D eigenvalue weighted by atomic mass is 19.4. The van der Waals surface area contributed by atoms with Gasteiger partial charge in [0, 0.05) is 18.7 Å². The monoisotopic (exact) mass is 522 g/mol. The number of alkyl halides is 3. The molecule has 2 rings (SSSR count). The summed E-state index contributed by atoms with van der Waals surface area (Å²) >= 11 is 0. The number of aryl methyl sites for hydroxylation is 2. The fourth-order valence-corrected chi connectivity index (χ4v) is 3.41. The van der Waals surface area contributed by atoms with Crippen molar-refractivity contribution in [3.63, 3.8) is 0 Å². The van der Waals surface area contributed by atoms with Gasteiger partial charge < -0.3 is 26.4 Å². The van der Waals surface area contributed by atoms with Crippen LogP contribution in [0.3, 0.4) is 0 Å². The van der Waals surface area contributed by atoms with Gasteiger partial charge in [-0.1, -0.05) is 29.8 Å². The van der Waals surface area contributed by atoms with Crippen molar-refractivity contribution in [2.24, 2.45) is 0 Å². The predicted molar refractivity (Wildman–Crippen MR) is 133 cm³/mol. The first-order valence-electron chi connectivity index (χ1n) is 11.7. The lowest BCUT2D eigenvalue weighted by molar-refractivity contribution is -0.137. The molecule has 0 bridgehead atoms. The molecule has 0 fully saturated rings. The SMILES string of the molecule is Cc1ccc(CNC[C@H](NC(=O)CNC(=O)c2cccc(C(F)(F)F)c2)C(=O)NC(C)(C)CO)c(C)c1. The topological polar surface area (TPSA) is 120 Å². The molecule has 5 N–H and O–H groups in total. The van der Waals surface area contributed by atoms with Crippen LogP contribution in [0.4, 0.5) is 13.2 Å². The van der Waals surface area contributed by atoms with E-state index >= 15 is 0 Å². The number of hydrogen-bond acceptors (Lipinski definition) is 5. The molecule has 202 valence electrons. The summed E-state index contributed by atoms with van der Waals surface area (Å²) in [7, 11) is 0. The standard InChI is InChI=1S/C26H33F3N4O4/c1-16-8-9-19(17(2)10-16)12-30-13-21(24(37)33-25(3,4)15-34)32-22(35)14-31-23(36)18-6-5-7-20(11-18)26(27,28)29/h5-11,21,30,34H,12-15H2,1-4H3,(H,31,36)(H,32,35)(H,33,37)/t21-/m0/s1. The minimum Gasteiger partial charge on any atom is -0.394 e. The van der Waals surface area contributed by atoms with E-state index in [0.717, 1.165) is 28.8 Å². The normalized spacial score (nSPS) is 12.5. The Hall–Kier alpha value is -3.44. The van der Waals surface area contributed by atoms with E-state index in [1.54, 1.807) is 13.8 Å². The maximum Gasteiger partial charge on any atom is 0.416 e. The van der Waals surface area contributed by atoms with Crippen LogP contribution >= 0.6 is 0 Å². The maximum absolute atomic E-state index is 12.9. The fourth-order valence-electron chi connectivity index (χ4n) is 3.41. The van der Waals surface area contributed by atoms with E-state index < -0.39 is 47.6 Å². The van der Waals surface area contributed by atoms with E-state index in [9.17, 15) is 32.7 Å². The summed E-state index contributed by atoms with van der Waals surface area (Å²) in [5, 5.41) is 20.0. The average Bonchev–Trinajstić information content (AvgIpc) is 2.82. The molecule has 0 unspecified atom stereocenters. The third-order valence-electron chi connectivity index (χ3n) is 5.53. The molecule has 3 amide bonds. The van der Waals surface area contributed by atoms with Crippen molar-refractivity contribution in [1.82, 2.24) is 21.3 Å². The van der Waals surface area contributed by atoms with Crippen LogP contribution in [-0.4, -0.2) is 54.1 Å². The first-order valence-corrected chi connectivity index (χ1v) is 11.7. The summed E-state index contributed by atoms with van der Waals surface area (Å²) in [6.45, 7) is 6.77. The molecule has 0 saturated heterocycles. The molecular formula is C26H33F3N4O4. The molecular weight excluding hydrogens is 489 g/mol. The van der Waals surface area contributed by atoms with Gasteiger partial charge in [-0.15, -0.1) is 0 Å². The minimum atomic E-state index is -4.61. The Labute approximate surface area is 214 Å². The van der Waals surface area contributed by atoms with E-state index in [4.69, 9.17) is 0 Å². The second-order valence-corrected chi connectivity index (χ2v) is 9.47. The highest BCUT2D eigenvalue weighted by molar-refractivity contribution is 5.97. The molecule has 0 spiro atoms. The highest BCUT2D eigenvalue weighted by Gasteiger charge is 2.31. The van der Waals surface area contributed by atoms with Crippen molar-refractivity contribution in [3.05, 3.63) is 70.3 Å². The summed E-state index contributed by atoms with van der Waals surface area (Å²) in [6, 6.07) is 8.74. The lowest BCUT2D eigenvalue weighted by Gasteiger charge is -2.27. The molecule has 0 aliphatic heterocycles. The van der Waals surface area contributed by atoms with Gasteiger partial charge in [-0.3, -0.25) is 14.4 Å². The second-order valence-electron chi connectivity index (χ2n) is 9.47. The summed E-state index contributed by atoms with van der Waals surface area (Å²) in [5.41, 5.74) is 1.02. The van der Waals surface area contributed by atoms with E-state index in [2.05, 4.69) is 21.3 Å². The second kappa shape index (κ2) is 12.7. The third-order valence-corrected chi connectivity index (χ3v) is 5.53. The van der Waals surface area contributed by atoms with Gasteiger partial charge >= 0.3 is 6.18 Å². The molecule has 8 nitrogen and oxygen atoms in total. The van der Waals surface area contributed by atoms with Gasteiger partial charge in [0.2, 0.25) is 11.8 Å². The average molecular weight is 523 g/mol. The van der Waals surface area contributed by atoms with Crippen molar-refractivity contribution in [2.75, 3.05) is 19.7 Å². The largest absolute Gasteiger partial charge is 0.416 e. The molecule has 2 aromatic carbocycles. The van der Waals surface area contributed by atoms with Gasteiger partial charge in [-0.05, 0) is 57.0 Å². The first kappa shape index (κ1) is 29.8. The lowest BCUT2D eigenvalue weighted by Crippen LogP contribution is -2.58. The van der Waals surface area contributed by atoms with Gasteiger partial charge in [-0.25, -0.2) is 0 Å². The van der Waals surface area contributed by atoms with Crippen molar-refractivity contribution >= 4 is 17.7 Å². The zero-order chi connectivity index (χ0) is 27.8. The summed E-state index contributed by atoms with van der Waals surface area (Å²) in [5.74, 6) is -2.13. The summed E-state index contributed by atoms with van der Waals surface area (Å²) in [6.07, 6.45) is -4.61. The van der Waals surface area contributed by atoms with Gasteiger partial charge in [0.25, 0.3) is 5.91 Å². The van der Waals surface area contributed by atoms with E-state index in [0.29, 0.717) is 12.6 Å². The van der Waals surface area contributed by atoms with E-state index in [-0.39, 0.29) is 18.7 Å². The molecule has 37 heavy (non-hydrogen) atoms. The molecule has 2 aromatic rings. The number of benzene rings is 2. The van der Waals surface area contributed by atoms with Crippen molar-refractivity contribution < 1.29 is 32.7 Å². The highest BCUT2D eigenvalue weighted by Crippen LogP contribution is 2.29. The maximum atomic E-state index is 12.9. The number of carbonyl (C=O) groups is 3. The van der Waals surface area contributed by atoms with Crippen LogP contribution < -0.4 is 21.3 Å². The Morgan fingerprint density at radius 1 is 1.03 bits per heavy atom. The number of halogens is 3. The predicted octanol–water partition coefficient (Wildman–Crippen LogP) is 2.21. The number of aliphatic hydroxyl groups excluding tert-OH is 1. The van der Waals surface area contributed by atoms with E-state index in [1.165, 1.54) is 6.07 Å². The molecule has 0 aliphatic carbocycles. The number of amides is 3. The first-order chi connectivity index (χ1) is 17.2. The minimum absolute atomic E-state index is 0.0496. The number of aliphatic hydroxyl groups is 1. The van der Waals surface area contributed by atoms with Crippen molar-refractivity contribution in [2.45, 2.75) is 52.0 Å². The Balaban J connectivity index is 2.02.